The van der Waals surface area contributed by atoms with E-state index in [1.54, 1.807) is 0 Å². The maximum absolute atomic E-state index is 11.9. The lowest BCUT2D eigenvalue weighted by atomic mass is 10.1. The van der Waals surface area contributed by atoms with Crippen molar-refractivity contribution < 1.29 is 17.9 Å². The second kappa shape index (κ2) is 5.31. The van der Waals surface area contributed by atoms with Crippen LogP contribution >= 0.6 is 11.6 Å². The maximum Gasteiger partial charge on any atom is 0.339 e. The number of halogens is 1. The number of sulfonamides is 1. The van der Waals surface area contributed by atoms with Crippen molar-refractivity contribution in [2.24, 2.45) is 0 Å². The SMILES string of the molecule is COC(=O)c1cc(N2CCCS2(=O)=O)cc(C#N)c1Cl. The standard InChI is InChI=1S/C12H11ClN2O4S/c1-19-12(16)10-6-9(5-8(7-14)11(10)13)15-3-2-4-20(15,17)18/h5-6H,2-4H2,1H3. The lowest BCUT2D eigenvalue weighted by molar-refractivity contribution is 0.0601. The van der Waals surface area contributed by atoms with Gasteiger partial charge in [-0.2, -0.15) is 5.26 Å². The Labute approximate surface area is 121 Å². The van der Waals surface area contributed by atoms with E-state index in [1.807, 2.05) is 6.07 Å². The summed E-state index contributed by atoms with van der Waals surface area (Å²) in [5, 5.41) is 9.00. The molecule has 0 aromatic heterocycles. The largest absolute Gasteiger partial charge is 0.465 e. The Kier molecular flexibility index (Phi) is 3.88. The maximum atomic E-state index is 11.9. The number of rotatable bonds is 2. The van der Waals surface area contributed by atoms with Gasteiger partial charge in [0, 0.05) is 6.54 Å². The molecule has 6 nitrogen and oxygen atoms in total. The number of anilines is 1. The van der Waals surface area contributed by atoms with E-state index in [0.29, 0.717) is 13.0 Å². The van der Waals surface area contributed by atoms with E-state index >= 15 is 0 Å². The number of nitriles is 1. The Morgan fingerprint density at radius 2 is 2.20 bits per heavy atom. The number of nitrogens with zero attached hydrogens (tertiary/aromatic N) is 2. The second-order valence-corrected chi connectivity index (χ2v) is 6.59. The fourth-order valence-corrected chi connectivity index (χ4v) is 3.80. The molecule has 1 saturated heterocycles. The van der Waals surface area contributed by atoms with Crippen molar-refractivity contribution in [2.75, 3.05) is 23.7 Å². The van der Waals surface area contributed by atoms with Crippen LogP contribution in [-0.4, -0.2) is 33.8 Å². The number of methoxy groups -OCH3 is 1. The molecule has 1 aliphatic heterocycles. The summed E-state index contributed by atoms with van der Waals surface area (Å²) in [6.45, 7) is 0.315. The normalized spacial score (nSPS) is 16.8. The van der Waals surface area contributed by atoms with Gasteiger partial charge in [-0.1, -0.05) is 11.6 Å². The van der Waals surface area contributed by atoms with Crippen LogP contribution in [0.2, 0.25) is 5.02 Å². The first-order valence-corrected chi connectivity index (χ1v) is 7.72. The molecule has 106 valence electrons. The average Bonchev–Trinajstić information content (AvgIpc) is 2.78. The van der Waals surface area contributed by atoms with Crippen molar-refractivity contribution in [3.05, 3.63) is 28.3 Å². The van der Waals surface area contributed by atoms with Crippen LogP contribution in [-0.2, 0) is 14.8 Å². The average molecular weight is 315 g/mol. The van der Waals surface area contributed by atoms with Gasteiger partial charge in [-0.3, -0.25) is 4.31 Å². The third-order valence-electron chi connectivity index (χ3n) is 2.97. The highest BCUT2D eigenvalue weighted by atomic mass is 35.5. The molecule has 0 spiro atoms. The molecule has 20 heavy (non-hydrogen) atoms. The van der Waals surface area contributed by atoms with Gasteiger partial charge >= 0.3 is 5.97 Å². The number of carbonyl (C=O) groups excluding carboxylic acids is 1. The predicted molar refractivity (Wildman–Crippen MR) is 73.3 cm³/mol. The van der Waals surface area contributed by atoms with Crippen LogP contribution in [0.5, 0.6) is 0 Å². The molecule has 1 aromatic carbocycles. The first kappa shape index (κ1) is 14.6. The summed E-state index contributed by atoms with van der Waals surface area (Å²) in [6.07, 6.45) is 0.500. The van der Waals surface area contributed by atoms with Gasteiger partial charge in [-0.25, -0.2) is 13.2 Å². The first-order valence-electron chi connectivity index (χ1n) is 5.73. The summed E-state index contributed by atoms with van der Waals surface area (Å²) < 4.78 is 29.5. The Morgan fingerprint density at radius 1 is 1.50 bits per heavy atom. The number of carbonyl (C=O) groups is 1. The molecule has 0 atom stereocenters. The number of hydrogen-bond acceptors (Lipinski definition) is 5. The van der Waals surface area contributed by atoms with Crippen LogP contribution in [0.15, 0.2) is 12.1 Å². The number of esters is 1. The highest BCUT2D eigenvalue weighted by molar-refractivity contribution is 7.93. The Balaban J connectivity index is 2.61. The second-order valence-electron chi connectivity index (χ2n) is 4.20. The molecular weight excluding hydrogens is 304 g/mol. The van der Waals surface area contributed by atoms with Crippen molar-refractivity contribution in [1.82, 2.24) is 0 Å². The van der Waals surface area contributed by atoms with E-state index < -0.39 is 16.0 Å². The van der Waals surface area contributed by atoms with E-state index in [2.05, 4.69) is 4.74 Å². The summed E-state index contributed by atoms with van der Waals surface area (Å²) >= 11 is 5.94. The van der Waals surface area contributed by atoms with E-state index in [-0.39, 0.29) is 27.6 Å². The van der Waals surface area contributed by atoms with Gasteiger partial charge < -0.3 is 4.74 Å². The van der Waals surface area contributed by atoms with Crippen molar-refractivity contribution >= 4 is 33.3 Å². The van der Waals surface area contributed by atoms with Crippen LogP contribution in [0.4, 0.5) is 5.69 Å². The van der Waals surface area contributed by atoms with Gasteiger partial charge in [0.1, 0.15) is 6.07 Å². The van der Waals surface area contributed by atoms with Crippen molar-refractivity contribution in [1.29, 1.82) is 5.26 Å². The Morgan fingerprint density at radius 3 is 2.70 bits per heavy atom. The van der Waals surface area contributed by atoms with Gasteiger partial charge in [0.25, 0.3) is 0 Å². The molecule has 0 amide bonds. The van der Waals surface area contributed by atoms with Crippen LogP contribution in [0, 0.1) is 11.3 Å². The molecule has 8 heteroatoms. The van der Waals surface area contributed by atoms with Crippen molar-refractivity contribution in [3.8, 4) is 6.07 Å². The summed E-state index contributed by atoms with van der Waals surface area (Å²) in [5.41, 5.74) is 0.265. The number of hydrogen-bond donors (Lipinski definition) is 0. The molecule has 0 N–H and O–H groups in total. The smallest absolute Gasteiger partial charge is 0.339 e. The van der Waals surface area contributed by atoms with E-state index in [4.69, 9.17) is 16.9 Å². The van der Waals surface area contributed by atoms with Crippen molar-refractivity contribution in [2.45, 2.75) is 6.42 Å². The monoisotopic (exact) mass is 314 g/mol. The van der Waals surface area contributed by atoms with Gasteiger partial charge in [-0.15, -0.1) is 0 Å². The number of benzene rings is 1. The molecule has 2 rings (SSSR count). The molecule has 0 saturated carbocycles. The zero-order valence-corrected chi connectivity index (χ0v) is 12.2. The van der Waals surface area contributed by atoms with Crippen LogP contribution in [0.1, 0.15) is 22.3 Å². The quantitative estimate of drug-likeness (QED) is 0.773. The predicted octanol–water partition coefficient (Wildman–Crippen LogP) is 1.54. The minimum atomic E-state index is -3.40. The minimum Gasteiger partial charge on any atom is -0.465 e. The van der Waals surface area contributed by atoms with E-state index in [1.165, 1.54) is 23.5 Å². The van der Waals surface area contributed by atoms with Crippen LogP contribution in [0.3, 0.4) is 0 Å². The Hall–Kier alpha value is -1.78. The molecule has 0 radical (unpaired) electrons. The van der Waals surface area contributed by atoms with Gasteiger partial charge in [-0.05, 0) is 18.6 Å². The molecule has 1 aliphatic rings. The highest BCUT2D eigenvalue weighted by Crippen LogP contribution is 2.31. The molecule has 1 fully saturated rings. The summed E-state index contributed by atoms with van der Waals surface area (Å²) in [7, 11) is -2.21. The molecule has 1 aromatic rings. The molecule has 0 bridgehead atoms. The van der Waals surface area contributed by atoms with E-state index in [9.17, 15) is 13.2 Å². The molecule has 0 aliphatic carbocycles. The summed E-state index contributed by atoms with van der Waals surface area (Å²) in [5.74, 6) is -0.671. The van der Waals surface area contributed by atoms with Crippen LogP contribution in [0.25, 0.3) is 0 Å². The zero-order chi connectivity index (χ0) is 14.9. The van der Waals surface area contributed by atoms with Crippen molar-refractivity contribution in [3.63, 3.8) is 0 Å². The number of ether oxygens (including phenoxy) is 1. The Bertz CT molecular complexity index is 709. The third-order valence-corrected chi connectivity index (χ3v) is 5.25. The van der Waals surface area contributed by atoms with Gasteiger partial charge in [0.2, 0.25) is 10.0 Å². The minimum absolute atomic E-state index is 0.0229. The fraction of sp³-hybridized carbons (Fsp3) is 0.333. The third kappa shape index (κ3) is 2.44. The molecule has 0 unspecified atom stereocenters. The lowest BCUT2D eigenvalue weighted by Gasteiger charge is -2.18. The summed E-state index contributed by atoms with van der Waals surface area (Å²) in [6, 6.07) is 4.53. The fourth-order valence-electron chi connectivity index (χ4n) is 2.02. The lowest BCUT2D eigenvalue weighted by Crippen LogP contribution is -2.25. The zero-order valence-electron chi connectivity index (χ0n) is 10.6. The van der Waals surface area contributed by atoms with Gasteiger partial charge in [0.05, 0.1) is 34.7 Å². The molecule has 1 heterocycles. The van der Waals surface area contributed by atoms with Crippen LogP contribution < -0.4 is 4.31 Å². The highest BCUT2D eigenvalue weighted by Gasteiger charge is 2.30. The van der Waals surface area contributed by atoms with Gasteiger partial charge in [0.15, 0.2) is 0 Å². The first-order chi connectivity index (χ1) is 9.40. The summed E-state index contributed by atoms with van der Waals surface area (Å²) in [4.78, 5) is 11.6. The van der Waals surface area contributed by atoms with E-state index in [0.717, 1.165) is 0 Å². The topological polar surface area (TPSA) is 87.5 Å². The molecular formula is C12H11ClN2O4S.